The van der Waals surface area contributed by atoms with Crippen LogP contribution in [0, 0.1) is 10.1 Å². The van der Waals surface area contributed by atoms with Gasteiger partial charge in [0.25, 0.3) is 0 Å². The first-order chi connectivity index (χ1) is 3.68. The molecule has 0 saturated carbocycles. The Kier molecular flexibility index (Phi) is 5.73. The minimum absolute atomic E-state index is 0. The van der Waals surface area contributed by atoms with E-state index < -0.39 is 17.3 Å². The van der Waals surface area contributed by atoms with Crippen LogP contribution in [0.1, 0.15) is 6.42 Å². The van der Waals surface area contributed by atoms with Gasteiger partial charge >= 0.3 is 5.91 Å². The minimum atomic E-state index is -1.26. The average Bonchev–Trinajstić information content (AvgIpc) is 1.67. The zero-order chi connectivity index (χ0) is 6.57. The van der Waals surface area contributed by atoms with Crippen molar-refractivity contribution in [2.24, 2.45) is 0 Å². The van der Waals surface area contributed by atoms with Crippen LogP contribution < -0.4 is 0 Å². The summed E-state index contributed by atoms with van der Waals surface area (Å²) in [5, 5.41) is 9.39. The van der Waals surface area contributed by atoms with Gasteiger partial charge in [-0.15, -0.1) is 0 Å². The maximum atomic E-state index is 9.81. The first-order valence-electron chi connectivity index (χ1n) is 1.79. The molecule has 0 aromatic carbocycles. The highest BCUT2D eigenvalue weighted by molar-refractivity contribution is 5.82. The van der Waals surface area contributed by atoms with E-state index in [4.69, 9.17) is 0 Å². The second-order valence-electron chi connectivity index (χ2n) is 1.02. The topological polar surface area (TPSA) is 109 Å². The van der Waals surface area contributed by atoms with Gasteiger partial charge in [0.2, 0.25) is 0 Å². The summed E-state index contributed by atoms with van der Waals surface area (Å²) in [7, 11) is 0. The Morgan fingerprint density at radius 2 is 2.11 bits per heavy atom. The van der Waals surface area contributed by atoms with Crippen molar-refractivity contribution in [3.8, 4) is 0 Å². The fourth-order valence-corrected chi connectivity index (χ4v) is 0.146. The van der Waals surface area contributed by atoms with E-state index in [1.807, 2.05) is 0 Å². The quantitative estimate of drug-likeness (QED) is 0.200. The normalized spacial score (nSPS) is 7.11. The number of amides is 1. The molecule has 0 heterocycles. The SMILES string of the molecule is O.O=CCC(=O)[N+](=O)[O-]. The second kappa shape index (κ2) is 4.85. The molecule has 0 fully saturated rings. The van der Waals surface area contributed by atoms with Crippen molar-refractivity contribution in [3.05, 3.63) is 10.1 Å². The molecule has 0 aliphatic heterocycles. The largest absolute Gasteiger partial charge is 0.451 e. The van der Waals surface area contributed by atoms with Crippen molar-refractivity contribution in [3.63, 3.8) is 0 Å². The number of aldehydes is 1. The monoisotopic (exact) mass is 135 g/mol. The predicted molar refractivity (Wildman–Crippen MR) is 26.3 cm³/mol. The summed E-state index contributed by atoms with van der Waals surface area (Å²) in [6.07, 6.45) is -0.432. The molecule has 6 nitrogen and oxygen atoms in total. The summed E-state index contributed by atoms with van der Waals surface area (Å²) < 4.78 is 0. The second-order valence-corrected chi connectivity index (χ2v) is 1.02. The maximum absolute atomic E-state index is 9.81. The van der Waals surface area contributed by atoms with Crippen molar-refractivity contribution in [2.45, 2.75) is 6.42 Å². The van der Waals surface area contributed by atoms with Crippen molar-refractivity contribution >= 4 is 12.2 Å². The lowest BCUT2D eigenvalue weighted by atomic mass is 10.5. The lowest BCUT2D eigenvalue weighted by Gasteiger charge is -1.77. The highest BCUT2D eigenvalue weighted by Gasteiger charge is 2.11. The Bertz CT molecular complexity index is 130. The first-order valence-corrected chi connectivity index (χ1v) is 1.79. The molecule has 0 unspecified atom stereocenters. The third-order valence-electron chi connectivity index (χ3n) is 0.462. The van der Waals surface area contributed by atoms with E-state index in [1.165, 1.54) is 0 Å². The van der Waals surface area contributed by atoms with Crippen LogP contribution in [0.3, 0.4) is 0 Å². The van der Waals surface area contributed by atoms with Crippen LogP contribution in [-0.4, -0.2) is 22.6 Å². The van der Waals surface area contributed by atoms with Crippen molar-refractivity contribution < 1.29 is 20.0 Å². The third-order valence-corrected chi connectivity index (χ3v) is 0.462. The Morgan fingerprint density at radius 3 is 2.22 bits per heavy atom. The van der Waals surface area contributed by atoms with Gasteiger partial charge in [0.05, 0.1) is 0 Å². The molecular formula is C3H5NO5. The lowest BCUT2D eigenvalue weighted by Crippen LogP contribution is -2.10. The Morgan fingerprint density at radius 1 is 1.67 bits per heavy atom. The fraction of sp³-hybridized carbons (Fsp3) is 0.333. The van der Waals surface area contributed by atoms with E-state index in [-0.39, 0.29) is 11.8 Å². The van der Waals surface area contributed by atoms with E-state index in [0.717, 1.165) is 0 Å². The molecule has 0 rings (SSSR count). The molecule has 0 aliphatic rings. The molecule has 0 saturated heterocycles. The standard InChI is InChI=1S/C3H3NO4.H2O/c5-2-1-3(6)4(7)8;/h2H,1H2;1H2. The van der Waals surface area contributed by atoms with Crippen LogP contribution in [-0.2, 0) is 9.59 Å². The van der Waals surface area contributed by atoms with Crippen LogP contribution in [0.15, 0.2) is 0 Å². The number of carbonyl (C=O) groups excluding carboxylic acids is 2. The Hall–Kier alpha value is -1.30. The first kappa shape index (κ1) is 10.6. The van der Waals surface area contributed by atoms with E-state index in [2.05, 4.69) is 0 Å². The van der Waals surface area contributed by atoms with Crippen LogP contribution in [0.5, 0.6) is 0 Å². The van der Waals surface area contributed by atoms with Crippen LogP contribution >= 0.6 is 0 Å². The Balaban J connectivity index is 0. The Labute approximate surface area is 49.9 Å². The highest BCUT2D eigenvalue weighted by atomic mass is 16.6. The van der Waals surface area contributed by atoms with Gasteiger partial charge in [-0.2, -0.15) is 0 Å². The zero-order valence-electron chi connectivity index (χ0n) is 4.36. The molecule has 1 amide bonds. The average molecular weight is 135 g/mol. The van der Waals surface area contributed by atoms with E-state index in [0.29, 0.717) is 0 Å². The molecule has 0 aliphatic carbocycles. The van der Waals surface area contributed by atoms with Gasteiger partial charge in [-0.1, -0.05) is 0 Å². The maximum Gasteiger partial charge on any atom is 0.451 e. The van der Waals surface area contributed by atoms with Crippen molar-refractivity contribution in [1.82, 2.24) is 0 Å². The van der Waals surface area contributed by atoms with Gasteiger partial charge in [-0.3, -0.25) is 10.1 Å². The number of nitrogens with zero attached hydrogens (tertiary/aromatic N) is 1. The molecule has 0 spiro atoms. The fourth-order valence-electron chi connectivity index (χ4n) is 0.146. The van der Waals surface area contributed by atoms with E-state index in [9.17, 15) is 19.7 Å². The van der Waals surface area contributed by atoms with Crippen LogP contribution in [0.25, 0.3) is 0 Å². The molecule has 6 heteroatoms. The molecule has 0 bridgehead atoms. The summed E-state index contributed by atoms with van der Waals surface area (Å²) in [4.78, 5) is 27.5. The van der Waals surface area contributed by atoms with Crippen LogP contribution in [0.2, 0.25) is 0 Å². The molecular weight excluding hydrogens is 130 g/mol. The lowest BCUT2D eigenvalue weighted by molar-refractivity contribution is -0.401. The van der Waals surface area contributed by atoms with Gasteiger partial charge in [-0.05, 0) is 0 Å². The molecule has 0 aromatic rings. The summed E-state index contributed by atoms with van der Waals surface area (Å²) in [5.74, 6) is -1.26. The van der Waals surface area contributed by atoms with Crippen LogP contribution in [0.4, 0.5) is 0 Å². The van der Waals surface area contributed by atoms with Gasteiger partial charge in [0.1, 0.15) is 17.6 Å². The number of hydrogen-bond acceptors (Lipinski definition) is 4. The highest BCUT2D eigenvalue weighted by Crippen LogP contribution is 1.76. The number of carbonyl (C=O) groups is 2. The van der Waals surface area contributed by atoms with Gasteiger partial charge < -0.3 is 10.3 Å². The summed E-state index contributed by atoms with van der Waals surface area (Å²) in [6, 6.07) is 0. The molecule has 2 N–H and O–H groups in total. The molecule has 0 aromatic heterocycles. The number of hydrogen-bond donors (Lipinski definition) is 0. The van der Waals surface area contributed by atoms with Crippen molar-refractivity contribution in [2.75, 3.05) is 0 Å². The van der Waals surface area contributed by atoms with E-state index >= 15 is 0 Å². The third kappa shape index (κ3) is 4.56. The molecule has 0 radical (unpaired) electrons. The summed E-state index contributed by atoms with van der Waals surface area (Å²) in [5.41, 5.74) is 0. The summed E-state index contributed by atoms with van der Waals surface area (Å²) in [6.45, 7) is 0. The summed E-state index contributed by atoms with van der Waals surface area (Å²) >= 11 is 0. The van der Waals surface area contributed by atoms with Gasteiger partial charge in [0, 0.05) is 0 Å². The molecule has 9 heavy (non-hydrogen) atoms. The van der Waals surface area contributed by atoms with Gasteiger partial charge in [-0.25, -0.2) is 4.79 Å². The number of nitro groups is 1. The minimum Gasteiger partial charge on any atom is -0.412 e. The smallest absolute Gasteiger partial charge is 0.412 e. The zero-order valence-corrected chi connectivity index (χ0v) is 4.36. The molecule has 52 valence electrons. The van der Waals surface area contributed by atoms with E-state index in [1.54, 1.807) is 0 Å². The van der Waals surface area contributed by atoms with Gasteiger partial charge in [0.15, 0.2) is 0 Å². The van der Waals surface area contributed by atoms with Crippen molar-refractivity contribution in [1.29, 1.82) is 0 Å². The predicted octanol–water partition coefficient (Wildman–Crippen LogP) is -1.45. The molecule has 0 atom stereocenters. The number of rotatable bonds is 2.